The minimum atomic E-state index is -0.683. The van der Waals surface area contributed by atoms with Crippen LogP contribution in [0, 0.1) is 0 Å². The van der Waals surface area contributed by atoms with E-state index in [0.29, 0.717) is 18.5 Å². The van der Waals surface area contributed by atoms with Crippen LogP contribution in [0.5, 0.6) is 0 Å². The first kappa shape index (κ1) is 16.9. The van der Waals surface area contributed by atoms with Gasteiger partial charge in [-0.05, 0) is 48.9 Å². The summed E-state index contributed by atoms with van der Waals surface area (Å²) in [5.74, 6) is -0.474. The largest absolute Gasteiger partial charge is 0.396 e. The van der Waals surface area contributed by atoms with Crippen LogP contribution in [0.15, 0.2) is 18.2 Å². The number of nitrogens with one attached hydrogen (secondary N) is 1. The Morgan fingerprint density at radius 2 is 2.04 bits per heavy atom. The van der Waals surface area contributed by atoms with Gasteiger partial charge < -0.3 is 20.4 Å². The van der Waals surface area contributed by atoms with Crippen molar-refractivity contribution in [3.05, 3.63) is 34.9 Å². The first-order valence-corrected chi connectivity index (χ1v) is 8.59. The lowest BCUT2D eigenvalue weighted by Crippen LogP contribution is -2.46. The van der Waals surface area contributed by atoms with E-state index in [0.717, 1.165) is 19.3 Å². The second-order valence-electron chi connectivity index (χ2n) is 6.57. The van der Waals surface area contributed by atoms with Crippen molar-refractivity contribution in [1.82, 2.24) is 10.2 Å². The van der Waals surface area contributed by atoms with Gasteiger partial charge in [-0.3, -0.25) is 9.59 Å². The molecule has 0 spiro atoms. The van der Waals surface area contributed by atoms with Crippen molar-refractivity contribution in [2.75, 3.05) is 19.7 Å². The van der Waals surface area contributed by atoms with Crippen molar-refractivity contribution in [1.29, 1.82) is 0 Å². The van der Waals surface area contributed by atoms with Gasteiger partial charge in [-0.15, -0.1) is 0 Å². The molecule has 1 saturated heterocycles. The molecule has 1 heterocycles. The highest BCUT2D eigenvalue weighted by Gasteiger charge is 2.39. The standard InChI is InChI=1S/C18H24N2O4/c21-8-2-7-19-17(23)16-10-15(22)11-20(16)18(24)14-6-5-12-3-1-4-13(12)9-14/h5-6,9,15-16,21-22H,1-4,7-8,10-11H2,(H,19,23). The monoisotopic (exact) mass is 332 g/mol. The van der Waals surface area contributed by atoms with E-state index in [9.17, 15) is 14.7 Å². The normalized spacial score (nSPS) is 22.5. The lowest BCUT2D eigenvalue weighted by Gasteiger charge is -2.24. The summed E-state index contributed by atoms with van der Waals surface area (Å²) >= 11 is 0. The van der Waals surface area contributed by atoms with Crippen LogP contribution in [0.2, 0.25) is 0 Å². The third-order valence-electron chi connectivity index (χ3n) is 4.82. The van der Waals surface area contributed by atoms with Crippen LogP contribution in [0.25, 0.3) is 0 Å². The lowest BCUT2D eigenvalue weighted by molar-refractivity contribution is -0.124. The number of amides is 2. The number of β-amino-alcohol motifs (C(OH)–C–C–N with tert-alkyl or cyclic N) is 1. The molecule has 1 aromatic carbocycles. The number of aliphatic hydroxyl groups excluding tert-OH is 2. The van der Waals surface area contributed by atoms with E-state index in [1.807, 2.05) is 18.2 Å². The van der Waals surface area contributed by atoms with Crippen molar-refractivity contribution in [3.63, 3.8) is 0 Å². The molecule has 6 nitrogen and oxygen atoms in total. The molecular weight excluding hydrogens is 308 g/mol. The SMILES string of the molecule is O=C(NCCCO)C1CC(O)CN1C(=O)c1ccc2c(c1)CCC2. The minimum Gasteiger partial charge on any atom is -0.396 e. The third-order valence-corrected chi connectivity index (χ3v) is 4.82. The van der Waals surface area contributed by atoms with E-state index in [2.05, 4.69) is 5.32 Å². The van der Waals surface area contributed by atoms with E-state index in [4.69, 9.17) is 5.11 Å². The highest BCUT2D eigenvalue weighted by atomic mass is 16.3. The fraction of sp³-hybridized carbons (Fsp3) is 0.556. The molecule has 2 amide bonds. The van der Waals surface area contributed by atoms with Crippen LogP contribution in [0.4, 0.5) is 0 Å². The van der Waals surface area contributed by atoms with Gasteiger partial charge in [-0.1, -0.05) is 6.07 Å². The third kappa shape index (κ3) is 3.44. The van der Waals surface area contributed by atoms with Crippen molar-refractivity contribution >= 4 is 11.8 Å². The van der Waals surface area contributed by atoms with Crippen LogP contribution in [-0.4, -0.2) is 58.8 Å². The molecule has 130 valence electrons. The Hall–Kier alpha value is -1.92. The Bertz CT molecular complexity index is 631. The molecule has 0 bridgehead atoms. The number of hydrogen-bond donors (Lipinski definition) is 3. The molecular formula is C18H24N2O4. The molecule has 1 fully saturated rings. The summed E-state index contributed by atoms with van der Waals surface area (Å²) in [7, 11) is 0. The summed E-state index contributed by atoms with van der Waals surface area (Å²) in [6, 6.07) is 5.09. The van der Waals surface area contributed by atoms with Crippen molar-refractivity contribution in [2.45, 2.75) is 44.2 Å². The zero-order valence-corrected chi connectivity index (χ0v) is 13.7. The van der Waals surface area contributed by atoms with E-state index in [-0.39, 0.29) is 31.4 Å². The van der Waals surface area contributed by atoms with Crippen LogP contribution in [0.3, 0.4) is 0 Å². The van der Waals surface area contributed by atoms with Crippen molar-refractivity contribution in [2.24, 2.45) is 0 Å². The van der Waals surface area contributed by atoms with Gasteiger partial charge >= 0.3 is 0 Å². The predicted octanol–water partition coefficient (Wildman–Crippen LogP) is 0.249. The van der Waals surface area contributed by atoms with Gasteiger partial charge in [-0.2, -0.15) is 0 Å². The summed E-state index contributed by atoms with van der Waals surface area (Å²) < 4.78 is 0. The smallest absolute Gasteiger partial charge is 0.254 e. The number of aryl methyl sites for hydroxylation is 2. The zero-order valence-electron chi connectivity index (χ0n) is 13.7. The number of carbonyl (C=O) groups excluding carboxylic acids is 2. The molecule has 1 aromatic rings. The van der Waals surface area contributed by atoms with E-state index in [1.54, 1.807) is 0 Å². The van der Waals surface area contributed by atoms with Gasteiger partial charge in [0.05, 0.1) is 6.10 Å². The molecule has 2 unspecified atom stereocenters. The second-order valence-corrected chi connectivity index (χ2v) is 6.57. The first-order valence-electron chi connectivity index (χ1n) is 8.59. The molecule has 3 N–H and O–H groups in total. The number of nitrogens with zero attached hydrogens (tertiary/aromatic N) is 1. The molecule has 2 aliphatic rings. The number of fused-ring (bicyclic) bond motifs is 1. The number of likely N-dealkylation sites (tertiary alicyclic amines) is 1. The Kier molecular flexibility index (Phi) is 5.16. The number of hydrogen-bond acceptors (Lipinski definition) is 4. The van der Waals surface area contributed by atoms with Crippen molar-refractivity contribution in [3.8, 4) is 0 Å². The van der Waals surface area contributed by atoms with E-state index >= 15 is 0 Å². The average molecular weight is 332 g/mol. The molecule has 6 heteroatoms. The highest BCUT2D eigenvalue weighted by molar-refractivity contribution is 5.98. The van der Waals surface area contributed by atoms with Gasteiger partial charge in [0.2, 0.25) is 5.91 Å². The van der Waals surface area contributed by atoms with Gasteiger partial charge in [-0.25, -0.2) is 0 Å². The second kappa shape index (κ2) is 7.32. The Labute approximate surface area is 141 Å². The minimum absolute atomic E-state index is 0.00530. The number of rotatable bonds is 5. The van der Waals surface area contributed by atoms with Crippen molar-refractivity contribution < 1.29 is 19.8 Å². The first-order chi connectivity index (χ1) is 11.6. The van der Waals surface area contributed by atoms with Gasteiger partial charge in [0, 0.05) is 31.7 Å². The zero-order chi connectivity index (χ0) is 17.1. The average Bonchev–Trinajstić information content (AvgIpc) is 3.19. The topological polar surface area (TPSA) is 89.9 Å². The van der Waals surface area contributed by atoms with Gasteiger partial charge in [0.1, 0.15) is 6.04 Å². The molecule has 0 aromatic heterocycles. The van der Waals surface area contributed by atoms with Crippen LogP contribution in [-0.2, 0) is 17.6 Å². The Balaban J connectivity index is 1.73. The molecule has 0 saturated carbocycles. The van der Waals surface area contributed by atoms with Crippen LogP contribution >= 0.6 is 0 Å². The molecule has 2 atom stereocenters. The fourth-order valence-corrected chi connectivity index (χ4v) is 3.57. The maximum atomic E-state index is 12.8. The molecule has 0 radical (unpaired) electrons. The maximum absolute atomic E-state index is 12.8. The summed E-state index contributed by atoms with van der Waals surface area (Å²) in [5, 5.41) is 21.4. The van der Waals surface area contributed by atoms with Gasteiger partial charge in [0.25, 0.3) is 5.91 Å². The molecule has 24 heavy (non-hydrogen) atoms. The fourth-order valence-electron chi connectivity index (χ4n) is 3.57. The Morgan fingerprint density at radius 1 is 1.25 bits per heavy atom. The van der Waals surface area contributed by atoms with E-state index in [1.165, 1.54) is 16.0 Å². The van der Waals surface area contributed by atoms with E-state index < -0.39 is 12.1 Å². The maximum Gasteiger partial charge on any atom is 0.254 e. The highest BCUT2D eigenvalue weighted by Crippen LogP contribution is 2.26. The predicted molar refractivity (Wildman–Crippen MR) is 88.6 cm³/mol. The summed E-state index contributed by atoms with van der Waals surface area (Å²) in [6.45, 7) is 0.544. The van der Waals surface area contributed by atoms with Crippen LogP contribution in [0.1, 0.15) is 40.7 Å². The number of benzene rings is 1. The summed E-state index contributed by atoms with van der Waals surface area (Å²) in [4.78, 5) is 26.6. The summed E-state index contributed by atoms with van der Waals surface area (Å²) in [5.41, 5.74) is 3.09. The van der Waals surface area contributed by atoms with Crippen LogP contribution < -0.4 is 5.32 Å². The molecule has 1 aliphatic heterocycles. The Morgan fingerprint density at radius 3 is 2.83 bits per heavy atom. The number of carbonyl (C=O) groups is 2. The quantitative estimate of drug-likeness (QED) is 0.674. The lowest BCUT2D eigenvalue weighted by atomic mass is 10.1. The number of aliphatic hydroxyl groups is 2. The molecule has 1 aliphatic carbocycles. The molecule has 3 rings (SSSR count). The van der Waals surface area contributed by atoms with Gasteiger partial charge in [0.15, 0.2) is 0 Å². The summed E-state index contributed by atoms with van der Waals surface area (Å²) in [6.07, 6.45) is 3.20.